The van der Waals surface area contributed by atoms with E-state index in [1.807, 2.05) is 18.2 Å². The average Bonchev–Trinajstić information content (AvgIpc) is 3.24. The normalized spacial score (nSPS) is 18.3. The summed E-state index contributed by atoms with van der Waals surface area (Å²) in [6, 6.07) is 7.47. The summed E-state index contributed by atoms with van der Waals surface area (Å²) in [7, 11) is 0. The lowest BCUT2D eigenvalue weighted by Gasteiger charge is -2.34. The topological polar surface area (TPSA) is 67.0 Å². The van der Waals surface area contributed by atoms with Crippen LogP contribution in [0.2, 0.25) is 5.02 Å². The Hall–Kier alpha value is -2.21. The number of carbonyl (C=O) groups is 1. The van der Waals surface area contributed by atoms with Crippen molar-refractivity contribution in [3.8, 4) is 0 Å². The summed E-state index contributed by atoms with van der Waals surface area (Å²) >= 11 is 6.06. The van der Waals surface area contributed by atoms with Gasteiger partial charge in [0.15, 0.2) is 0 Å². The highest BCUT2D eigenvalue weighted by Gasteiger charge is 2.44. The predicted octanol–water partition coefficient (Wildman–Crippen LogP) is 3.56. The molecule has 0 unspecified atom stereocenters. The molecule has 2 N–H and O–H groups in total. The number of benzene rings is 1. The molecule has 0 atom stereocenters. The fourth-order valence-corrected chi connectivity index (χ4v) is 4.40. The fraction of sp³-hybridized carbons (Fsp3) is 0.300. The highest BCUT2D eigenvalue weighted by atomic mass is 35.5. The van der Waals surface area contributed by atoms with Crippen molar-refractivity contribution in [2.75, 3.05) is 13.1 Å². The van der Waals surface area contributed by atoms with Crippen LogP contribution in [0.5, 0.6) is 0 Å². The van der Waals surface area contributed by atoms with E-state index >= 15 is 0 Å². The SMILES string of the molecule is O=C(c1nccc2c1C1(CCNCC1)OC2)c1c[nH]c2cc(Cl)ccc12. The minimum absolute atomic E-state index is 0.0705. The number of carbonyl (C=O) groups excluding carboxylic acids is 1. The van der Waals surface area contributed by atoms with Gasteiger partial charge in [-0.3, -0.25) is 9.78 Å². The van der Waals surface area contributed by atoms with Crippen LogP contribution >= 0.6 is 11.6 Å². The van der Waals surface area contributed by atoms with Crippen molar-refractivity contribution in [1.82, 2.24) is 15.3 Å². The standard InChI is InChI=1S/C20H18ClN3O2/c21-13-1-2-14-15(10-24-16(14)9-13)19(25)18-17-12(3-6-23-18)11-26-20(17)4-7-22-8-5-20/h1-3,6,9-10,22,24H,4-5,7-8,11H2. The van der Waals surface area contributed by atoms with Gasteiger partial charge in [-0.15, -0.1) is 0 Å². The molecule has 1 fully saturated rings. The van der Waals surface area contributed by atoms with E-state index in [0.29, 0.717) is 22.9 Å². The van der Waals surface area contributed by atoms with Gasteiger partial charge in [0.05, 0.1) is 12.2 Å². The third kappa shape index (κ3) is 2.31. The summed E-state index contributed by atoms with van der Waals surface area (Å²) < 4.78 is 6.21. The quantitative estimate of drug-likeness (QED) is 0.680. The van der Waals surface area contributed by atoms with Crippen molar-refractivity contribution in [3.05, 3.63) is 64.1 Å². The number of aromatic nitrogens is 2. The summed E-state index contributed by atoms with van der Waals surface area (Å²) in [5.41, 5.74) is 3.64. The molecular formula is C20H18ClN3O2. The number of fused-ring (bicyclic) bond motifs is 3. The van der Waals surface area contributed by atoms with Crippen LogP contribution in [0.4, 0.5) is 0 Å². The van der Waals surface area contributed by atoms with Gasteiger partial charge in [0.2, 0.25) is 5.78 Å². The number of nitrogens with zero attached hydrogens (tertiary/aromatic N) is 1. The first-order valence-electron chi connectivity index (χ1n) is 8.82. The minimum atomic E-state index is -0.394. The number of halogens is 1. The summed E-state index contributed by atoms with van der Waals surface area (Å²) in [6.07, 6.45) is 5.17. The number of aromatic amines is 1. The van der Waals surface area contributed by atoms with Gasteiger partial charge in [0, 0.05) is 39.4 Å². The van der Waals surface area contributed by atoms with Crippen LogP contribution < -0.4 is 5.32 Å². The highest BCUT2D eigenvalue weighted by Crippen LogP contribution is 2.44. The van der Waals surface area contributed by atoms with E-state index in [-0.39, 0.29) is 5.78 Å². The fourth-order valence-electron chi connectivity index (χ4n) is 4.23. The first-order chi connectivity index (χ1) is 12.7. The van der Waals surface area contributed by atoms with Gasteiger partial charge >= 0.3 is 0 Å². The average molecular weight is 368 g/mol. The van der Waals surface area contributed by atoms with E-state index in [0.717, 1.165) is 48.0 Å². The second-order valence-electron chi connectivity index (χ2n) is 6.95. The van der Waals surface area contributed by atoms with E-state index < -0.39 is 5.60 Å². The zero-order chi connectivity index (χ0) is 17.7. The number of rotatable bonds is 2. The van der Waals surface area contributed by atoms with Crippen molar-refractivity contribution in [2.24, 2.45) is 0 Å². The molecule has 2 aromatic heterocycles. The van der Waals surface area contributed by atoms with Gasteiger partial charge < -0.3 is 15.0 Å². The van der Waals surface area contributed by atoms with Crippen LogP contribution in [0, 0.1) is 0 Å². The second-order valence-corrected chi connectivity index (χ2v) is 7.38. The third-order valence-corrected chi connectivity index (χ3v) is 5.75. The van der Waals surface area contributed by atoms with Crippen molar-refractivity contribution < 1.29 is 9.53 Å². The van der Waals surface area contributed by atoms with Crippen molar-refractivity contribution in [3.63, 3.8) is 0 Å². The van der Waals surface area contributed by atoms with Crippen molar-refractivity contribution in [2.45, 2.75) is 25.0 Å². The minimum Gasteiger partial charge on any atom is -0.365 e. The third-order valence-electron chi connectivity index (χ3n) is 5.51. The van der Waals surface area contributed by atoms with E-state index in [1.165, 1.54) is 0 Å². The molecule has 1 spiro atoms. The van der Waals surface area contributed by atoms with Gasteiger partial charge in [-0.1, -0.05) is 17.7 Å². The molecule has 26 heavy (non-hydrogen) atoms. The maximum atomic E-state index is 13.4. The second kappa shape index (κ2) is 5.91. The number of hydrogen-bond donors (Lipinski definition) is 2. The number of pyridine rings is 1. The Morgan fingerprint density at radius 1 is 1.23 bits per heavy atom. The van der Waals surface area contributed by atoms with Gasteiger partial charge in [0.25, 0.3) is 0 Å². The van der Waals surface area contributed by atoms with E-state index in [2.05, 4.69) is 15.3 Å². The summed E-state index contributed by atoms with van der Waals surface area (Å²) in [6.45, 7) is 2.31. The lowest BCUT2D eigenvalue weighted by molar-refractivity contribution is -0.0593. The lowest BCUT2D eigenvalue weighted by Crippen LogP contribution is -2.40. The molecule has 5 nitrogen and oxygen atoms in total. The molecule has 0 radical (unpaired) electrons. The van der Waals surface area contributed by atoms with Crippen LogP contribution in [0.3, 0.4) is 0 Å². The van der Waals surface area contributed by atoms with Gasteiger partial charge in [-0.05, 0) is 49.7 Å². The molecule has 0 saturated carbocycles. The van der Waals surface area contributed by atoms with Gasteiger partial charge in [-0.25, -0.2) is 0 Å². The van der Waals surface area contributed by atoms with E-state index in [9.17, 15) is 4.79 Å². The molecule has 2 aliphatic rings. The highest BCUT2D eigenvalue weighted by molar-refractivity contribution is 6.31. The number of nitrogens with one attached hydrogen (secondary N) is 2. The zero-order valence-electron chi connectivity index (χ0n) is 14.1. The molecule has 1 saturated heterocycles. The van der Waals surface area contributed by atoms with Crippen molar-refractivity contribution in [1.29, 1.82) is 0 Å². The first-order valence-corrected chi connectivity index (χ1v) is 9.20. The molecule has 3 aromatic rings. The smallest absolute Gasteiger partial charge is 0.213 e. The van der Waals surface area contributed by atoms with Crippen LogP contribution in [0.15, 0.2) is 36.7 Å². The largest absolute Gasteiger partial charge is 0.365 e. The van der Waals surface area contributed by atoms with Crippen LogP contribution in [-0.4, -0.2) is 28.8 Å². The summed E-state index contributed by atoms with van der Waals surface area (Å²) in [5.74, 6) is -0.0705. The van der Waals surface area contributed by atoms with Crippen LogP contribution in [0.25, 0.3) is 10.9 Å². The Labute approximate surface area is 155 Å². The summed E-state index contributed by atoms with van der Waals surface area (Å²) in [5, 5.41) is 4.87. The zero-order valence-corrected chi connectivity index (χ0v) is 14.9. The number of hydrogen-bond acceptors (Lipinski definition) is 4. The molecule has 6 heteroatoms. The molecule has 0 aliphatic carbocycles. The number of H-pyrrole nitrogens is 1. The molecule has 1 aromatic carbocycles. The Bertz CT molecular complexity index is 1020. The van der Waals surface area contributed by atoms with Crippen LogP contribution in [0.1, 0.15) is 40.0 Å². The first kappa shape index (κ1) is 16.0. The van der Waals surface area contributed by atoms with E-state index in [1.54, 1.807) is 18.5 Å². The van der Waals surface area contributed by atoms with E-state index in [4.69, 9.17) is 16.3 Å². The number of piperidine rings is 1. The molecule has 2 aliphatic heterocycles. The molecule has 132 valence electrons. The maximum Gasteiger partial charge on any atom is 0.213 e. The Morgan fingerprint density at radius 2 is 2.08 bits per heavy atom. The van der Waals surface area contributed by atoms with Gasteiger partial charge in [0.1, 0.15) is 5.69 Å². The number of ether oxygens (including phenoxy) is 1. The maximum absolute atomic E-state index is 13.4. The van der Waals surface area contributed by atoms with Gasteiger partial charge in [-0.2, -0.15) is 0 Å². The van der Waals surface area contributed by atoms with Crippen LogP contribution in [-0.2, 0) is 16.9 Å². The molecule has 0 amide bonds. The monoisotopic (exact) mass is 367 g/mol. The molecule has 5 rings (SSSR count). The molecular weight excluding hydrogens is 350 g/mol. The van der Waals surface area contributed by atoms with Crippen molar-refractivity contribution >= 4 is 28.3 Å². The lowest BCUT2D eigenvalue weighted by atomic mass is 9.82. The Kier molecular flexibility index (Phi) is 3.64. The predicted molar refractivity (Wildman–Crippen MR) is 99.5 cm³/mol. The Morgan fingerprint density at radius 3 is 2.92 bits per heavy atom. The number of ketones is 1. The Balaban J connectivity index is 1.65. The summed E-state index contributed by atoms with van der Waals surface area (Å²) in [4.78, 5) is 21.0. The molecule has 4 heterocycles. The molecule has 0 bridgehead atoms.